The van der Waals surface area contributed by atoms with Crippen molar-refractivity contribution >= 4 is 11.6 Å². The van der Waals surface area contributed by atoms with Gasteiger partial charge in [-0.1, -0.05) is 23.7 Å². The summed E-state index contributed by atoms with van der Waals surface area (Å²) in [6.07, 6.45) is 0. The van der Waals surface area contributed by atoms with E-state index in [1.807, 2.05) is 50.2 Å². The molecule has 0 bridgehead atoms. The van der Waals surface area contributed by atoms with Crippen LogP contribution in [-0.2, 0) is 0 Å². The van der Waals surface area contributed by atoms with E-state index in [4.69, 9.17) is 16.0 Å². The Balaban J connectivity index is 2.08. The van der Waals surface area contributed by atoms with Crippen LogP contribution in [0.5, 0.6) is 0 Å². The van der Waals surface area contributed by atoms with Crippen LogP contribution in [0.2, 0.25) is 5.02 Å². The molecule has 2 N–H and O–H groups in total. The number of halogens is 1. The highest BCUT2D eigenvalue weighted by Gasteiger charge is 2.16. The molecule has 0 aliphatic heterocycles. The first-order valence-electron chi connectivity index (χ1n) is 6.29. The van der Waals surface area contributed by atoms with Crippen molar-refractivity contribution in [2.24, 2.45) is 0 Å². The molecule has 0 unspecified atom stereocenters. The summed E-state index contributed by atoms with van der Waals surface area (Å²) in [5.74, 6) is 1.75. The second-order valence-corrected chi connectivity index (χ2v) is 5.06. The van der Waals surface area contributed by atoms with Crippen LogP contribution >= 0.6 is 11.6 Å². The quantitative estimate of drug-likeness (QED) is 0.878. The van der Waals surface area contributed by atoms with Crippen molar-refractivity contribution in [2.45, 2.75) is 25.9 Å². The number of aliphatic hydroxyl groups is 1. The Labute approximate surface area is 118 Å². The van der Waals surface area contributed by atoms with Crippen molar-refractivity contribution in [3.8, 4) is 0 Å². The summed E-state index contributed by atoms with van der Waals surface area (Å²) < 4.78 is 5.58. The number of furan rings is 1. The minimum Gasteiger partial charge on any atom is -0.465 e. The fourth-order valence-corrected chi connectivity index (χ4v) is 2.15. The first-order chi connectivity index (χ1) is 9.10. The second kappa shape index (κ2) is 6.24. The maximum Gasteiger partial charge on any atom is 0.120 e. The lowest BCUT2D eigenvalue weighted by Crippen LogP contribution is -2.27. The molecular weight excluding hydrogens is 262 g/mol. The molecule has 19 heavy (non-hydrogen) atoms. The van der Waals surface area contributed by atoms with E-state index < -0.39 is 0 Å². The predicted molar refractivity (Wildman–Crippen MR) is 76.3 cm³/mol. The lowest BCUT2D eigenvalue weighted by atomic mass is 10.1. The van der Waals surface area contributed by atoms with Crippen LogP contribution in [0.4, 0.5) is 0 Å². The Morgan fingerprint density at radius 1 is 1.21 bits per heavy atom. The topological polar surface area (TPSA) is 45.4 Å². The Morgan fingerprint density at radius 3 is 2.42 bits per heavy atom. The normalized spacial score (nSPS) is 14.3. The van der Waals surface area contributed by atoms with E-state index in [1.165, 1.54) is 0 Å². The molecule has 0 radical (unpaired) electrons. The molecule has 0 saturated carbocycles. The van der Waals surface area contributed by atoms with E-state index in [1.54, 1.807) is 0 Å². The fraction of sp³-hybridized carbons (Fsp3) is 0.333. The molecule has 0 amide bonds. The zero-order valence-electron chi connectivity index (χ0n) is 11.1. The summed E-state index contributed by atoms with van der Waals surface area (Å²) >= 11 is 5.87. The highest BCUT2D eigenvalue weighted by Crippen LogP contribution is 2.22. The molecule has 0 aliphatic carbocycles. The summed E-state index contributed by atoms with van der Waals surface area (Å²) in [5, 5.41) is 13.6. The number of hydrogen-bond donors (Lipinski definition) is 2. The van der Waals surface area contributed by atoms with Gasteiger partial charge in [0, 0.05) is 5.02 Å². The maximum absolute atomic E-state index is 9.52. The van der Waals surface area contributed by atoms with Crippen LogP contribution in [-0.4, -0.2) is 11.7 Å². The Kier molecular flexibility index (Phi) is 4.64. The van der Waals surface area contributed by atoms with Crippen LogP contribution in [0.1, 0.15) is 36.1 Å². The number of aliphatic hydroxyl groups excluding tert-OH is 1. The van der Waals surface area contributed by atoms with Gasteiger partial charge in [-0.05, 0) is 43.7 Å². The van der Waals surface area contributed by atoms with Crippen molar-refractivity contribution in [1.29, 1.82) is 0 Å². The molecule has 2 atom stereocenters. The highest BCUT2D eigenvalue weighted by molar-refractivity contribution is 6.30. The van der Waals surface area contributed by atoms with Crippen molar-refractivity contribution in [1.82, 2.24) is 5.32 Å². The van der Waals surface area contributed by atoms with Gasteiger partial charge < -0.3 is 9.52 Å². The molecule has 2 aromatic rings. The zero-order chi connectivity index (χ0) is 13.8. The van der Waals surface area contributed by atoms with Gasteiger partial charge in [0.2, 0.25) is 0 Å². The van der Waals surface area contributed by atoms with Gasteiger partial charge in [0.15, 0.2) is 0 Å². The average molecular weight is 280 g/mol. The van der Waals surface area contributed by atoms with Crippen molar-refractivity contribution in [2.75, 3.05) is 6.61 Å². The molecule has 0 aliphatic rings. The molecule has 0 saturated heterocycles. The largest absolute Gasteiger partial charge is 0.465 e. The number of aryl methyl sites for hydroxylation is 1. The fourth-order valence-electron chi connectivity index (χ4n) is 2.02. The summed E-state index contributed by atoms with van der Waals surface area (Å²) in [5.41, 5.74) is 1.00. The van der Waals surface area contributed by atoms with Gasteiger partial charge in [-0.15, -0.1) is 0 Å². The van der Waals surface area contributed by atoms with E-state index in [2.05, 4.69) is 5.32 Å². The van der Waals surface area contributed by atoms with Gasteiger partial charge in [0.25, 0.3) is 0 Å². The molecular formula is C15H18ClNO2. The third-order valence-corrected chi connectivity index (χ3v) is 3.35. The number of nitrogens with one attached hydrogen (secondary N) is 1. The zero-order valence-corrected chi connectivity index (χ0v) is 11.8. The van der Waals surface area contributed by atoms with E-state index >= 15 is 0 Å². The van der Waals surface area contributed by atoms with Crippen LogP contribution < -0.4 is 5.32 Å². The van der Waals surface area contributed by atoms with E-state index in [0.29, 0.717) is 5.02 Å². The van der Waals surface area contributed by atoms with Gasteiger partial charge in [0.05, 0.1) is 18.7 Å². The SMILES string of the molecule is Cc1ccc([C@@H](C)N[C@H](CO)c2ccc(Cl)cc2)o1. The lowest BCUT2D eigenvalue weighted by molar-refractivity contribution is 0.230. The Bertz CT molecular complexity index is 521. The lowest BCUT2D eigenvalue weighted by Gasteiger charge is -2.21. The molecule has 4 heteroatoms. The number of rotatable bonds is 5. The van der Waals surface area contributed by atoms with E-state index in [0.717, 1.165) is 17.1 Å². The molecule has 2 rings (SSSR count). The highest BCUT2D eigenvalue weighted by atomic mass is 35.5. The van der Waals surface area contributed by atoms with Crippen molar-refractivity contribution in [3.05, 3.63) is 58.5 Å². The predicted octanol–water partition coefficient (Wildman–Crippen LogP) is 3.63. The molecule has 0 fully saturated rings. The number of hydrogen-bond acceptors (Lipinski definition) is 3. The third kappa shape index (κ3) is 3.60. The van der Waals surface area contributed by atoms with E-state index in [9.17, 15) is 5.11 Å². The van der Waals surface area contributed by atoms with Crippen molar-refractivity contribution < 1.29 is 9.52 Å². The monoisotopic (exact) mass is 279 g/mol. The van der Waals surface area contributed by atoms with Gasteiger partial charge in [-0.25, -0.2) is 0 Å². The molecule has 102 valence electrons. The van der Waals surface area contributed by atoms with Gasteiger partial charge in [0.1, 0.15) is 11.5 Å². The third-order valence-electron chi connectivity index (χ3n) is 3.09. The molecule has 0 spiro atoms. The van der Waals surface area contributed by atoms with Crippen LogP contribution in [0.15, 0.2) is 40.8 Å². The first kappa shape index (κ1) is 14.1. The average Bonchev–Trinajstić information content (AvgIpc) is 2.84. The van der Waals surface area contributed by atoms with Gasteiger partial charge >= 0.3 is 0 Å². The Hall–Kier alpha value is -1.29. The summed E-state index contributed by atoms with van der Waals surface area (Å²) in [6, 6.07) is 11.2. The minimum absolute atomic E-state index is 0.0195. The first-order valence-corrected chi connectivity index (χ1v) is 6.66. The van der Waals surface area contributed by atoms with Crippen LogP contribution in [0, 0.1) is 6.92 Å². The molecule has 1 aromatic heterocycles. The van der Waals surface area contributed by atoms with E-state index in [-0.39, 0.29) is 18.7 Å². The summed E-state index contributed by atoms with van der Waals surface area (Å²) in [6.45, 7) is 3.95. The molecule has 1 heterocycles. The summed E-state index contributed by atoms with van der Waals surface area (Å²) in [4.78, 5) is 0. The smallest absolute Gasteiger partial charge is 0.120 e. The minimum atomic E-state index is -0.141. The second-order valence-electron chi connectivity index (χ2n) is 4.62. The molecule has 3 nitrogen and oxygen atoms in total. The standard InChI is InChI=1S/C15H18ClNO2/c1-10-3-8-15(19-10)11(2)17-14(9-18)12-4-6-13(16)7-5-12/h3-8,11,14,17-18H,9H2,1-2H3/t11-,14-/m1/s1. The van der Waals surface area contributed by atoms with Crippen LogP contribution in [0.25, 0.3) is 0 Å². The Morgan fingerprint density at radius 2 is 1.89 bits per heavy atom. The molecule has 1 aromatic carbocycles. The van der Waals surface area contributed by atoms with Crippen molar-refractivity contribution in [3.63, 3.8) is 0 Å². The van der Waals surface area contributed by atoms with Crippen LogP contribution in [0.3, 0.4) is 0 Å². The number of benzene rings is 1. The van der Waals surface area contributed by atoms with Gasteiger partial charge in [-0.3, -0.25) is 5.32 Å². The van der Waals surface area contributed by atoms with Gasteiger partial charge in [-0.2, -0.15) is 0 Å². The maximum atomic E-state index is 9.52. The summed E-state index contributed by atoms with van der Waals surface area (Å²) in [7, 11) is 0.